The second-order valence-electron chi connectivity index (χ2n) is 2.76. The molecule has 1 aromatic heterocycles. The molecule has 0 fully saturated rings. The summed E-state index contributed by atoms with van der Waals surface area (Å²) in [6, 6.07) is -0.977. The molecule has 15 heavy (non-hydrogen) atoms. The average Bonchev–Trinajstić information content (AvgIpc) is 2.18. The minimum absolute atomic E-state index is 0.0208. The van der Waals surface area contributed by atoms with Crippen LogP contribution in [0.5, 0.6) is 0 Å². The molecule has 0 bridgehead atoms. The number of amides is 1. The van der Waals surface area contributed by atoms with Gasteiger partial charge < -0.3 is 10.4 Å². The first-order chi connectivity index (χ1) is 7.00. The topological polar surface area (TPSA) is 92.2 Å². The Hall–Kier alpha value is -1.69. The molecule has 0 aliphatic rings. The SMILES string of the molecule is C[C@H](NC(=O)c1cnc(Cl)cn1)C(=O)O. The van der Waals surface area contributed by atoms with Gasteiger partial charge in [0.25, 0.3) is 5.91 Å². The van der Waals surface area contributed by atoms with Crippen molar-refractivity contribution in [1.82, 2.24) is 15.3 Å². The molecule has 1 aromatic rings. The Morgan fingerprint density at radius 2 is 2.13 bits per heavy atom. The smallest absolute Gasteiger partial charge is 0.325 e. The molecule has 0 aliphatic heterocycles. The first-order valence-corrected chi connectivity index (χ1v) is 4.39. The summed E-state index contributed by atoms with van der Waals surface area (Å²) in [4.78, 5) is 29.1. The van der Waals surface area contributed by atoms with Gasteiger partial charge in [-0.25, -0.2) is 9.97 Å². The molecule has 0 radical (unpaired) electrons. The summed E-state index contributed by atoms with van der Waals surface area (Å²) in [5.74, 6) is -1.72. The van der Waals surface area contributed by atoms with E-state index in [-0.39, 0.29) is 10.8 Å². The van der Waals surface area contributed by atoms with Gasteiger partial charge in [-0.3, -0.25) is 9.59 Å². The predicted octanol–water partition coefficient (Wildman–Crippen LogP) is 0.333. The molecular formula is C8H8ClN3O3. The van der Waals surface area contributed by atoms with Gasteiger partial charge in [0.15, 0.2) is 0 Å². The fourth-order valence-corrected chi connectivity index (χ4v) is 0.859. The lowest BCUT2D eigenvalue weighted by atomic mass is 10.3. The van der Waals surface area contributed by atoms with Crippen LogP contribution in [0.1, 0.15) is 17.4 Å². The van der Waals surface area contributed by atoms with E-state index < -0.39 is 17.9 Å². The van der Waals surface area contributed by atoms with Crippen molar-refractivity contribution >= 4 is 23.5 Å². The largest absolute Gasteiger partial charge is 0.480 e. The number of hydrogen-bond donors (Lipinski definition) is 2. The van der Waals surface area contributed by atoms with E-state index in [4.69, 9.17) is 16.7 Å². The third-order valence-corrected chi connectivity index (χ3v) is 1.77. The van der Waals surface area contributed by atoms with Gasteiger partial charge in [-0.05, 0) is 6.92 Å². The third-order valence-electron chi connectivity index (χ3n) is 1.57. The van der Waals surface area contributed by atoms with Crippen molar-refractivity contribution in [3.63, 3.8) is 0 Å². The number of nitrogens with one attached hydrogen (secondary N) is 1. The Morgan fingerprint density at radius 3 is 2.60 bits per heavy atom. The zero-order chi connectivity index (χ0) is 11.4. The van der Waals surface area contributed by atoms with E-state index in [0.29, 0.717) is 0 Å². The quantitative estimate of drug-likeness (QED) is 0.779. The standard InChI is InChI=1S/C8H8ClN3O3/c1-4(8(14)15)12-7(13)5-2-11-6(9)3-10-5/h2-4H,1H3,(H,12,13)(H,14,15)/t4-/m0/s1. The van der Waals surface area contributed by atoms with Gasteiger partial charge in [0.2, 0.25) is 0 Å². The van der Waals surface area contributed by atoms with Crippen LogP contribution in [0.2, 0.25) is 5.15 Å². The Bertz CT molecular complexity index is 379. The summed E-state index contributed by atoms with van der Waals surface area (Å²) in [6.45, 7) is 1.35. The van der Waals surface area contributed by atoms with E-state index in [1.54, 1.807) is 0 Å². The van der Waals surface area contributed by atoms with Crippen molar-refractivity contribution in [2.45, 2.75) is 13.0 Å². The summed E-state index contributed by atoms with van der Waals surface area (Å²) >= 11 is 5.47. The Morgan fingerprint density at radius 1 is 1.47 bits per heavy atom. The number of carbonyl (C=O) groups is 2. The van der Waals surface area contributed by atoms with E-state index in [9.17, 15) is 9.59 Å². The highest BCUT2D eigenvalue weighted by Crippen LogP contribution is 2.01. The molecule has 0 saturated carbocycles. The molecule has 80 valence electrons. The van der Waals surface area contributed by atoms with Crippen LogP contribution in [0.4, 0.5) is 0 Å². The van der Waals surface area contributed by atoms with E-state index in [1.807, 2.05) is 0 Å². The molecular weight excluding hydrogens is 222 g/mol. The molecule has 1 atom stereocenters. The highest BCUT2D eigenvalue weighted by Gasteiger charge is 2.16. The van der Waals surface area contributed by atoms with Crippen molar-refractivity contribution in [2.75, 3.05) is 0 Å². The van der Waals surface area contributed by atoms with Crippen LogP contribution >= 0.6 is 11.6 Å². The van der Waals surface area contributed by atoms with Gasteiger partial charge in [0.1, 0.15) is 16.9 Å². The van der Waals surface area contributed by atoms with Gasteiger partial charge in [0, 0.05) is 0 Å². The Kier molecular flexibility index (Phi) is 3.56. The first-order valence-electron chi connectivity index (χ1n) is 4.02. The molecule has 1 rings (SSSR count). The van der Waals surface area contributed by atoms with Crippen LogP contribution in [0.15, 0.2) is 12.4 Å². The monoisotopic (exact) mass is 229 g/mol. The molecule has 0 aliphatic carbocycles. The lowest BCUT2D eigenvalue weighted by molar-refractivity contribution is -0.138. The van der Waals surface area contributed by atoms with Crippen LogP contribution in [0.25, 0.3) is 0 Å². The van der Waals surface area contributed by atoms with Crippen LogP contribution < -0.4 is 5.32 Å². The molecule has 7 heteroatoms. The second-order valence-corrected chi connectivity index (χ2v) is 3.14. The summed E-state index contributed by atoms with van der Waals surface area (Å²) < 4.78 is 0. The number of aliphatic carboxylic acids is 1. The second kappa shape index (κ2) is 4.70. The summed E-state index contributed by atoms with van der Waals surface area (Å²) in [5, 5.41) is 10.9. The first kappa shape index (κ1) is 11.4. The lowest BCUT2D eigenvalue weighted by Gasteiger charge is -2.07. The van der Waals surface area contributed by atoms with E-state index in [1.165, 1.54) is 19.3 Å². The predicted molar refractivity (Wildman–Crippen MR) is 51.6 cm³/mol. The van der Waals surface area contributed by atoms with Crippen molar-refractivity contribution < 1.29 is 14.7 Å². The number of carboxylic acids is 1. The van der Waals surface area contributed by atoms with Crippen LogP contribution in [-0.4, -0.2) is 33.0 Å². The van der Waals surface area contributed by atoms with Gasteiger partial charge in [-0.2, -0.15) is 0 Å². The van der Waals surface area contributed by atoms with Crippen LogP contribution in [-0.2, 0) is 4.79 Å². The molecule has 0 spiro atoms. The molecule has 0 unspecified atom stereocenters. The number of rotatable bonds is 3. The highest BCUT2D eigenvalue weighted by molar-refractivity contribution is 6.29. The maximum Gasteiger partial charge on any atom is 0.325 e. The highest BCUT2D eigenvalue weighted by atomic mass is 35.5. The normalized spacial score (nSPS) is 11.9. The molecule has 0 aromatic carbocycles. The van der Waals surface area contributed by atoms with E-state index in [2.05, 4.69) is 15.3 Å². The lowest BCUT2D eigenvalue weighted by Crippen LogP contribution is -2.38. The Labute approximate surface area is 90.3 Å². The molecule has 2 N–H and O–H groups in total. The fourth-order valence-electron chi connectivity index (χ4n) is 0.762. The number of hydrogen-bond acceptors (Lipinski definition) is 4. The molecule has 0 saturated heterocycles. The summed E-state index contributed by atoms with van der Waals surface area (Å²) in [7, 11) is 0. The maximum atomic E-state index is 11.4. The van der Waals surface area contributed by atoms with Gasteiger partial charge >= 0.3 is 5.97 Å². The van der Waals surface area contributed by atoms with Crippen molar-refractivity contribution in [1.29, 1.82) is 0 Å². The van der Waals surface area contributed by atoms with Gasteiger partial charge in [-0.1, -0.05) is 11.6 Å². The van der Waals surface area contributed by atoms with E-state index in [0.717, 1.165) is 0 Å². The van der Waals surface area contributed by atoms with Crippen molar-refractivity contribution in [3.05, 3.63) is 23.2 Å². The minimum atomic E-state index is -1.12. The zero-order valence-corrected chi connectivity index (χ0v) is 8.52. The van der Waals surface area contributed by atoms with Crippen molar-refractivity contribution in [2.24, 2.45) is 0 Å². The molecule has 6 nitrogen and oxygen atoms in total. The van der Waals surface area contributed by atoms with Gasteiger partial charge in [-0.15, -0.1) is 0 Å². The number of carboxylic acid groups (broad SMARTS) is 1. The zero-order valence-electron chi connectivity index (χ0n) is 7.77. The van der Waals surface area contributed by atoms with Gasteiger partial charge in [0.05, 0.1) is 12.4 Å². The van der Waals surface area contributed by atoms with Crippen molar-refractivity contribution in [3.8, 4) is 0 Å². The number of carbonyl (C=O) groups excluding carboxylic acids is 1. The number of halogens is 1. The third kappa shape index (κ3) is 3.17. The maximum absolute atomic E-state index is 11.4. The van der Waals surface area contributed by atoms with Crippen LogP contribution in [0, 0.1) is 0 Å². The van der Waals surface area contributed by atoms with E-state index >= 15 is 0 Å². The molecule has 1 heterocycles. The summed E-state index contributed by atoms with van der Waals surface area (Å²) in [6.07, 6.45) is 2.38. The minimum Gasteiger partial charge on any atom is -0.480 e. The fraction of sp³-hybridized carbons (Fsp3) is 0.250. The number of aromatic nitrogens is 2. The number of nitrogens with zero attached hydrogens (tertiary/aromatic N) is 2. The van der Waals surface area contributed by atoms with Crippen LogP contribution in [0.3, 0.4) is 0 Å². The average molecular weight is 230 g/mol. The Balaban J connectivity index is 2.69. The molecule has 1 amide bonds. The summed E-state index contributed by atoms with van der Waals surface area (Å²) in [5.41, 5.74) is 0.0208.